The maximum absolute atomic E-state index is 5.62. The van der Waals surface area contributed by atoms with Gasteiger partial charge in [-0.3, -0.25) is 0 Å². The zero-order valence-electron chi connectivity index (χ0n) is 8.90. The minimum atomic E-state index is 0.303. The van der Waals surface area contributed by atoms with E-state index in [2.05, 4.69) is 16.0 Å². The monoisotopic (exact) mass is 213 g/mol. The third-order valence-electron chi connectivity index (χ3n) is 2.83. The minimum Gasteiger partial charge on any atom is -0.496 e. The van der Waals surface area contributed by atoms with Gasteiger partial charge in [0.15, 0.2) is 0 Å². The van der Waals surface area contributed by atoms with Gasteiger partial charge in [0.1, 0.15) is 5.75 Å². The SMILES string of the molecule is COc1cccc2c1-c1nc(N)ncc1C2. The lowest BCUT2D eigenvalue weighted by Gasteiger charge is -2.06. The van der Waals surface area contributed by atoms with Gasteiger partial charge in [0.05, 0.1) is 12.8 Å². The Hall–Kier alpha value is -2.10. The summed E-state index contributed by atoms with van der Waals surface area (Å²) in [5.41, 5.74) is 9.89. The predicted molar refractivity (Wildman–Crippen MR) is 61.2 cm³/mol. The van der Waals surface area contributed by atoms with Crippen LogP contribution in [0.25, 0.3) is 11.3 Å². The summed E-state index contributed by atoms with van der Waals surface area (Å²) in [5, 5.41) is 0. The third-order valence-corrected chi connectivity index (χ3v) is 2.83. The smallest absolute Gasteiger partial charge is 0.220 e. The van der Waals surface area contributed by atoms with Gasteiger partial charge in [0, 0.05) is 23.7 Å². The molecule has 0 radical (unpaired) electrons. The van der Waals surface area contributed by atoms with E-state index >= 15 is 0 Å². The van der Waals surface area contributed by atoms with E-state index in [0.29, 0.717) is 5.95 Å². The van der Waals surface area contributed by atoms with E-state index in [9.17, 15) is 0 Å². The van der Waals surface area contributed by atoms with Gasteiger partial charge in [0.25, 0.3) is 0 Å². The van der Waals surface area contributed by atoms with Crippen molar-refractivity contribution < 1.29 is 4.74 Å². The van der Waals surface area contributed by atoms with Crippen LogP contribution in [0.2, 0.25) is 0 Å². The van der Waals surface area contributed by atoms with Crippen LogP contribution in [0, 0.1) is 0 Å². The van der Waals surface area contributed by atoms with Gasteiger partial charge in [-0.15, -0.1) is 0 Å². The molecule has 0 aliphatic heterocycles. The Kier molecular flexibility index (Phi) is 1.83. The fourth-order valence-electron chi connectivity index (χ4n) is 2.13. The van der Waals surface area contributed by atoms with Gasteiger partial charge in [0.2, 0.25) is 5.95 Å². The van der Waals surface area contributed by atoms with Crippen LogP contribution in [0.5, 0.6) is 5.75 Å². The van der Waals surface area contributed by atoms with Crippen LogP contribution in [-0.2, 0) is 6.42 Å². The standard InChI is InChI=1S/C12H11N3O/c1-16-9-4-2-3-7-5-8-6-14-12(13)15-11(8)10(7)9/h2-4,6H,5H2,1H3,(H2,13,14,15). The van der Waals surface area contributed by atoms with Gasteiger partial charge < -0.3 is 10.5 Å². The number of fused-ring (bicyclic) bond motifs is 3. The van der Waals surface area contributed by atoms with Crippen LogP contribution in [0.4, 0.5) is 5.95 Å². The predicted octanol–water partition coefficient (Wildman–Crippen LogP) is 1.64. The van der Waals surface area contributed by atoms with Crippen LogP contribution in [0.1, 0.15) is 11.1 Å². The molecule has 1 aromatic carbocycles. The number of hydrogen-bond donors (Lipinski definition) is 1. The van der Waals surface area contributed by atoms with Crippen molar-refractivity contribution in [1.29, 1.82) is 0 Å². The van der Waals surface area contributed by atoms with Crippen molar-refractivity contribution in [2.24, 2.45) is 0 Å². The number of benzene rings is 1. The molecule has 0 saturated carbocycles. The number of nitrogens with two attached hydrogens (primary N) is 1. The van der Waals surface area contributed by atoms with E-state index in [1.807, 2.05) is 12.1 Å². The highest BCUT2D eigenvalue weighted by Gasteiger charge is 2.23. The van der Waals surface area contributed by atoms with Crippen LogP contribution in [0.15, 0.2) is 24.4 Å². The maximum atomic E-state index is 5.62. The Balaban J connectivity index is 2.29. The highest BCUT2D eigenvalue weighted by Crippen LogP contribution is 2.40. The molecule has 0 fully saturated rings. The van der Waals surface area contributed by atoms with Crippen molar-refractivity contribution in [3.05, 3.63) is 35.5 Å². The van der Waals surface area contributed by atoms with Crippen molar-refractivity contribution in [3.63, 3.8) is 0 Å². The molecular weight excluding hydrogens is 202 g/mol. The van der Waals surface area contributed by atoms with Crippen molar-refractivity contribution in [3.8, 4) is 17.0 Å². The Morgan fingerprint density at radius 2 is 2.19 bits per heavy atom. The van der Waals surface area contributed by atoms with Gasteiger partial charge >= 0.3 is 0 Å². The molecule has 1 aliphatic carbocycles. The summed E-state index contributed by atoms with van der Waals surface area (Å²) >= 11 is 0. The first-order chi connectivity index (χ1) is 7.79. The van der Waals surface area contributed by atoms with Crippen LogP contribution in [-0.4, -0.2) is 17.1 Å². The number of rotatable bonds is 1. The Morgan fingerprint density at radius 3 is 3.00 bits per heavy atom. The fraction of sp³-hybridized carbons (Fsp3) is 0.167. The first kappa shape index (κ1) is 9.15. The van der Waals surface area contributed by atoms with Crippen LogP contribution < -0.4 is 10.5 Å². The number of nitrogen functional groups attached to an aromatic ring is 1. The Bertz CT molecular complexity index is 566. The first-order valence-electron chi connectivity index (χ1n) is 5.07. The topological polar surface area (TPSA) is 61.0 Å². The van der Waals surface area contributed by atoms with E-state index in [-0.39, 0.29) is 0 Å². The minimum absolute atomic E-state index is 0.303. The van der Waals surface area contributed by atoms with E-state index < -0.39 is 0 Å². The van der Waals surface area contributed by atoms with E-state index in [1.54, 1.807) is 13.3 Å². The summed E-state index contributed by atoms with van der Waals surface area (Å²) in [6, 6.07) is 6.00. The molecule has 0 bridgehead atoms. The summed E-state index contributed by atoms with van der Waals surface area (Å²) < 4.78 is 5.35. The van der Waals surface area contributed by atoms with Crippen LogP contribution in [0.3, 0.4) is 0 Å². The number of nitrogens with zero attached hydrogens (tertiary/aromatic N) is 2. The van der Waals surface area contributed by atoms with Crippen molar-refractivity contribution in [1.82, 2.24) is 9.97 Å². The first-order valence-corrected chi connectivity index (χ1v) is 5.07. The molecule has 16 heavy (non-hydrogen) atoms. The fourth-order valence-corrected chi connectivity index (χ4v) is 2.13. The van der Waals surface area contributed by atoms with Crippen molar-refractivity contribution in [2.45, 2.75) is 6.42 Å². The van der Waals surface area contributed by atoms with E-state index in [1.165, 1.54) is 5.56 Å². The molecule has 1 heterocycles. The molecule has 3 rings (SSSR count). The number of anilines is 1. The summed E-state index contributed by atoms with van der Waals surface area (Å²) in [7, 11) is 1.66. The molecule has 4 heteroatoms. The average Bonchev–Trinajstić information content (AvgIpc) is 2.66. The van der Waals surface area contributed by atoms with Crippen LogP contribution >= 0.6 is 0 Å². The van der Waals surface area contributed by atoms with Gasteiger partial charge in [-0.2, -0.15) is 0 Å². The highest BCUT2D eigenvalue weighted by atomic mass is 16.5. The summed E-state index contributed by atoms with van der Waals surface area (Å²) in [5.74, 6) is 1.15. The summed E-state index contributed by atoms with van der Waals surface area (Å²) in [4.78, 5) is 8.31. The molecule has 80 valence electrons. The second-order valence-corrected chi connectivity index (χ2v) is 3.77. The van der Waals surface area contributed by atoms with E-state index in [4.69, 9.17) is 10.5 Å². The van der Waals surface area contributed by atoms with Gasteiger partial charge in [-0.05, 0) is 11.6 Å². The number of aromatic nitrogens is 2. The molecular formula is C12H11N3O. The van der Waals surface area contributed by atoms with Crippen molar-refractivity contribution in [2.75, 3.05) is 12.8 Å². The molecule has 1 aliphatic rings. The Labute approximate surface area is 93.1 Å². The molecule has 1 aromatic heterocycles. The molecule has 0 amide bonds. The second-order valence-electron chi connectivity index (χ2n) is 3.77. The second kappa shape index (κ2) is 3.20. The highest BCUT2D eigenvalue weighted by molar-refractivity contribution is 5.79. The molecule has 2 N–H and O–H groups in total. The summed E-state index contributed by atoms with van der Waals surface area (Å²) in [6.45, 7) is 0. The lowest BCUT2D eigenvalue weighted by atomic mass is 10.1. The number of hydrogen-bond acceptors (Lipinski definition) is 4. The largest absolute Gasteiger partial charge is 0.496 e. The van der Waals surface area contributed by atoms with E-state index in [0.717, 1.165) is 29.0 Å². The molecule has 0 atom stereocenters. The summed E-state index contributed by atoms with van der Waals surface area (Å²) in [6.07, 6.45) is 2.64. The Morgan fingerprint density at radius 1 is 1.31 bits per heavy atom. The maximum Gasteiger partial charge on any atom is 0.220 e. The molecule has 2 aromatic rings. The zero-order chi connectivity index (χ0) is 11.1. The molecule has 4 nitrogen and oxygen atoms in total. The van der Waals surface area contributed by atoms with Gasteiger partial charge in [-0.1, -0.05) is 12.1 Å². The number of ether oxygens (including phenoxy) is 1. The molecule has 0 unspecified atom stereocenters. The lowest BCUT2D eigenvalue weighted by Crippen LogP contribution is -1.97. The molecule has 0 spiro atoms. The lowest BCUT2D eigenvalue weighted by molar-refractivity contribution is 0.416. The average molecular weight is 213 g/mol. The van der Waals surface area contributed by atoms with Gasteiger partial charge in [-0.25, -0.2) is 9.97 Å². The zero-order valence-corrected chi connectivity index (χ0v) is 8.90. The number of methoxy groups -OCH3 is 1. The third kappa shape index (κ3) is 1.16. The normalized spacial score (nSPS) is 12.1. The molecule has 0 saturated heterocycles. The quantitative estimate of drug-likeness (QED) is 0.667. The van der Waals surface area contributed by atoms with Crippen molar-refractivity contribution >= 4 is 5.95 Å².